The van der Waals surface area contributed by atoms with E-state index in [1.54, 1.807) is 0 Å². The molecule has 1 fully saturated rings. The fraction of sp³-hybridized carbons (Fsp3) is 0.849. The topological polar surface area (TPSA) is 383 Å². The standard InChI is InChI=1S/C53H103N13O9/c1-38(2)22-8-6-4-3-5-7-9-23-39(67)36-46(68)60-37-47(69)61-41(25-11-17-31-55)49(71)63-45-29-15-21-35-59-48(70)40(24-10-16-30-54)62-50(72)42(26-12-18-32-56)64-51(73)43(27-13-19-33-57)65-52(74)44(66-53(45)75)28-14-20-34-58/h38-45,67H,3-37,54-58H2,1-2H3,(H,59,70)(H,60,68)(H,61,69)(H,62,72)(H,63,71)(H,64,73)(H,65,74)(H,66,75)/t39-,40+,41+,42-,43-,44+,45-/m1/s1. The van der Waals surface area contributed by atoms with Crippen LogP contribution < -0.4 is 71.2 Å². The van der Waals surface area contributed by atoms with E-state index in [4.69, 9.17) is 28.7 Å². The maximum absolute atomic E-state index is 14.4. The lowest BCUT2D eigenvalue weighted by molar-refractivity contribution is -0.135. The SMILES string of the molecule is CC(C)CCCCCCCCC[C@@H](O)CC(=O)NCC(=O)N[C@@H](CCCCN)C(=O)N[C@@H]1CCCCNC(=O)[C@H](CCCCN)NC(=O)[C@@H](CCCCN)NC(=O)[C@@H](CCCCN)NC(=O)[C@H](CCCCN)NC1=O. The van der Waals surface area contributed by atoms with Gasteiger partial charge in [0.1, 0.15) is 36.3 Å². The Balaban J connectivity index is 3.36. The third-order valence-electron chi connectivity index (χ3n) is 13.5. The fourth-order valence-electron chi connectivity index (χ4n) is 8.88. The average Bonchev–Trinajstić information content (AvgIpc) is 3.37. The van der Waals surface area contributed by atoms with E-state index in [1.165, 1.54) is 25.7 Å². The van der Waals surface area contributed by atoms with E-state index in [0.29, 0.717) is 116 Å². The highest BCUT2D eigenvalue weighted by Gasteiger charge is 2.33. The molecule has 1 rings (SSSR count). The summed E-state index contributed by atoms with van der Waals surface area (Å²) in [5.41, 5.74) is 28.9. The van der Waals surface area contributed by atoms with Gasteiger partial charge in [-0.2, -0.15) is 0 Å². The number of rotatable bonds is 37. The number of nitrogens with two attached hydrogens (primary N) is 5. The predicted octanol–water partition coefficient (Wildman–Crippen LogP) is 0.874. The molecule has 0 aromatic rings. The molecule has 0 aromatic carbocycles. The molecule has 0 radical (unpaired) electrons. The smallest absolute Gasteiger partial charge is 0.243 e. The Morgan fingerprint density at radius 1 is 0.520 bits per heavy atom. The fourth-order valence-corrected chi connectivity index (χ4v) is 8.88. The zero-order valence-corrected chi connectivity index (χ0v) is 46.0. The summed E-state index contributed by atoms with van der Waals surface area (Å²) in [5, 5.41) is 32.7. The monoisotopic (exact) mass is 1070 g/mol. The van der Waals surface area contributed by atoms with Crippen LogP contribution in [0.1, 0.15) is 194 Å². The molecule has 0 aliphatic carbocycles. The minimum Gasteiger partial charge on any atom is -0.393 e. The molecule has 0 spiro atoms. The van der Waals surface area contributed by atoms with Crippen LogP contribution in [0.4, 0.5) is 0 Å². The molecule has 7 atom stereocenters. The van der Waals surface area contributed by atoms with Gasteiger partial charge >= 0.3 is 0 Å². The van der Waals surface area contributed by atoms with Gasteiger partial charge < -0.3 is 76.3 Å². The van der Waals surface area contributed by atoms with Crippen molar-refractivity contribution in [3.63, 3.8) is 0 Å². The number of hydrogen-bond donors (Lipinski definition) is 14. The van der Waals surface area contributed by atoms with Gasteiger partial charge in [0, 0.05) is 6.54 Å². The van der Waals surface area contributed by atoms with Gasteiger partial charge in [-0.05, 0) is 161 Å². The molecule has 1 heterocycles. The Morgan fingerprint density at radius 3 is 1.40 bits per heavy atom. The van der Waals surface area contributed by atoms with Gasteiger partial charge in [0.2, 0.25) is 47.3 Å². The third kappa shape index (κ3) is 33.3. The molecule has 75 heavy (non-hydrogen) atoms. The minimum absolute atomic E-state index is 0.0656. The Kier molecular flexibility index (Phi) is 39.8. The molecule has 1 aliphatic rings. The van der Waals surface area contributed by atoms with Crippen molar-refractivity contribution in [2.24, 2.45) is 34.6 Å². The second-order valence-corrected chi connectivity index (χ2v) is 20.7. The number of carbonyl (C=O) groups excluding carboxylic acids is 8. The van der Waals surface area contributed by atoms with Crippen LogP contribution in [-0.4, -0.2) is 141 Å². The van der Waals surface area contributed by atoms with Crippen molar-refractivity contribution in [1.82, 2.24) is 42.5 Å². The van der Waals surface area contributed by atoms with Crippen molar-refractivity contribution in [3.05, 3.63) is 0 Å². The van der Waals surface area contributed by atoms with Crippen LogP contribution in [0.5, 0.6) is 0 Å². The van der Waals surface area contributed by atoms with E-state index in [9.17, 15) is 43.5 Å². The van der Waals surface area contributed by atoms with Crippen LogP contribution in [0.3, 0.4) is 0 Å². The van der Waals surface area contributed by atoms with Gasteiger partial charge in [-0.15, -0.1) is 0 Å². The molecular formula is C53H103N13O9. The maximum Gasteiger partial charge on any atom is 0.243 e. The van der Waals surface area contributed by atoms with E-state index >= 15 is 0 Å². The summed E-state index contributed by atoms with van der Waals surface area (Å²) in [6, 6.07) is -6.65. The molecule has 19 N–H and O–H groups in total. The molecule has 0 bridgehead atoms. The van der Waals surface area contributed by atoms with Crippen molar-refractivity contribution in [1.29, 1.82) is 0 Å². The van der Waals surface area contributed by atoms with Gasteiger partial charge in [0.15, 0.2) is 0 Å². The first kappa shape index (κ1) is 68.5. The first-order valence-corrected chi connectivity index (χ1v) is 28.6. The summed E-state index contributed by atoms with van der Waals surface area (Å²) < 4.78 is 0. The van der Waals surface area contributed by atoms with Gasteiger partial charge in [-0.25, -0.2) is 0 Å². The Morgan fingerprint density at radius 2 is 0.933 bits per heavy atom. The van der Waals surface area contributed by atoms with Crippen LogP contribution in [0.25, 0.3) is 0 Å². The predicted molar refractivity (Wildman–Crippen MR) is 293 cm³/mol. The van der Waals surface area contributed by atoms with E-state index in [0.717, 1.165) is 31.6 Å². The van der Waals surface area contributed by atoms with Crippen LogP contribution in [0.15, 0.2) is 0 Å². The summed E-state index contributed by atoms with van der Waals surface area (Å²) in [6.45, 7) is 5.93. The number of hydrogen-bond acceptors (Lipinski definition) is 14. The number of carbonyl (C=O) groups is 8. The summed E-state index contributed by atoms with van der Waals surface area (Å²) in [6.07, 6.45) is 15.3. The highest BCUT2D eigenvalue weighted by atomic mass is 16.3. The molecule has 0 saturated carbocycles. The van der Waals surface area contributed by atoms with Crippen LogP contribution in [0.2, 0.25) is 0 Å². The molecular weight excluding hydrogens is 963 g/mol. The van der Waals surface area contributed by atoms with E-state index in [1.807, 2.05) is 0 Å². The van der Waals surface area contributed by atoms with Crippen molar-refractivity contribution in [2.45, 2.75) is 236 Å². The average molecular weight is 1070 g/mol. The number of aliphatic hydroxyl groups is 1. The Labute approximate surface area is 448 Å². The molecule has 1 saturated heterocycles. The zero-order valence-electron chi connectivity index (χ0n) is 46.0. The first-order valence-electron chi connectivity index (χ1n) is 28.6. The van der Waals surface area contributed by atoms with E-state index in [2.05, 4.69) is 56.4 Å². The van der Waals surface area contributed by atoms with Crippen molar-refractivity contribution in [2.75, 3.05) is 45.8 Å². The highest BCUT2D eigenvalue weighted by molar-refractivity contribution is 5.97. The molecule has 0 unspecified atom stereocenters. The molecule has 8 amide bonds. The van der Waals surface area contributed by atoms with Crippen molar-refractivity contribution < 1.29 is 43.5 Å². The lowest BCUT2D eigenvalue weighted by atomic mass is 10.0. The minimum atomic E-state index is -1.22. The number of nitrogens with one attached hydrogen (secondary N) is 8. The second-order valence-electron chi connectivity index (χ2n) is 20.7. The normalized spacial score (nSPS) is 20.3. The van der Waals surface area contributed by atoms with Crippen LogP contribution in [0, 0.1) is 5.92 Å². The van der Waals surface area contributed by atoms with Gasteiger partial charge in [0.25, 0.3) is 0 Å². The van der Waals surface area contributed by atoms with Crippen LogP contribution in [-0.2, 0) is 38.4 Å². The molecule has 22 heteroatoms. The number of amides is 8. The van der Waals surface area contributed by atoms with E-state index < -0.39 is 96.2 Å². The first-order chi connectivity index (χ1) is 36.1. The Hall–Kier alpha value is -4.48. The summed E-state index contributed by atoms with van der Waals surface area (Å²) >= 11 is 0. The lowest BCUT2D eigenvalue weighted by Gasteiger charge is -2.28. The quantitative estimate of drug-likeness (QED) is 0.0384. The Bertz CT molecular complexity index is 1630. The van der Waals surface area contributed by atoms with Gasteiger partial charge in [-0.1, -0.05) is 65.2 Å². The second kappa shape index (κ2) is 43.6. The van der Waals surface area contributed by atoms with Crippen molar-refractivity contribution in [3.8, 4) is 0 Å². The zero-order chi connectivity index (χ0) is 55.6. The third-order valence-corrected chi connectivity index (χ3v) is 13.5. The van der Waals surface area contributed by atoms with Gasteiger partial charge in [0.05, 0.1) is 19.1 Å². The van der Waals surface area contributed by atoms with E-state index in [-0.39, 0.29) is 51.5 Å². The number of aliphatic hydroxyl groups excluding tert-OH is 1. The highest BCUT2D eigenvalue weighted by Crippen LogP contribution is 2.15. The van der Waals surface area contributed by atoms with Crippen molar-refractivity contribution >= 4 is 47.3 Å². The largest absolute Gasteiger partial charge is 0.393 e. The lowest BCUT2D eigenvalue weighted by Crippen LogP contribution is -2.59. The molecule has 434 valence electrons. The number of unbranched alkanes of at least 4 members (excludes halogenated alkanes) is 11. The summed E-state index contributed by atoms with van der Waals surface area (Å²) in [5.74, 6) is -4.09. The molecule has 0 aromatic heterocycles. The summed E-state index contributed by atoms with van der Waals surface area (Å²) in [4.78, 5) is 110. The molecule has 22 nitrogen and oxygen atoms in total. The maximum atomic E-state index is 14.4. The molecule has 1 aliphatic heterocycles. The van der Waals surface area contributed by atoms with Gasteiger partial charge in [-0.3, -0.25) is 38.4 Å². The van der Waals surface area contributed by atoms with Crippen LogP contribution >= 0.6 is 0 Å². The summed E-state index contributed by atoms with van der Waals surface area (Å²) in [7, 11) is 0.